The predicted octanol–water partition coefficient (Wildman–Crippen LogP) is 6.49. The Morgan fingerprint density at radius 2 is 1.12 bits per heavy atom. The van der Waals surface area contributed by atoms with Gasteiger partial charge < -0.3 is 9.59 Å². The van der Waals surface area contributed by atoms with Gasteiger partial charge in [-0.25, -0.2) is 0 Å². The first-order valence-electron chi connectivity index (χ1n) is 10.6. The smallest absolute Gasteiger partial charge is 0.154 e. The fraction of sp³-hybridized carbons (Fsp3) is 1.00. The molecule has 2 atom stereocenters. The molecule has 1 N–H and O–H groups in total. The zero-order chi connectivity index (χ0) is 18.1. The van der Waals surface area contributed by atoms with Crippen LogP contribution in [0.3, 0.4) is 0 Å². The van der Waals surface area contributed by atoms with E-state index >= 15 is 0 Å². The Morgan fingerprint density at radius 1 is 0.750 bits per heavy atom. The van der Waals surface area contributed by atoms with E-state index in [2.05, 4.69) is 14.0 Å². The monoisotopic (exact) mass is 362 g/mol. The molecule has 24 heavy (non-hydrogen) atoms. The quantitative estimate of drug-likeness (QED) is 0.128. The van der Waals surface area contributed by atoms with Crippen LogP contribution in [0, 0.1) is 0 Å². The summed E-state index contributed by atoms with van der Waals surface area (Å²) in [4.78, 5) is 0. The summed E-state index contributed by atoms with van der Waals surface area (Å²) in [6.45, 7) is 5.99. The summed E-state index contributed by atoms with van der Waals surface area (Å²) in [5.41, 5.74) is 0. The van der Waals surface area contributed by atoms with E-state index in [1.165, 1.54) is 89.9 Å². The maximum Gasteiger partial charge on any atom is 0.154 e. The van der Waals surface area contributed by atoms with E-state index in [-0.39, 0.29) is 6.10 Å². The minimum atomic E-state index is -0.264. The number of rotatable bonds is 18. The number of nitrogens with zero attached hydrogens (tertiary/aromatic N) is 1. The molecule has 0 amide bonds. The molecule has 0 radical (unpaired) electrons. The number of likely N-dealkylation sites (N-methyl/N-ethyl adjacent to an activating group) is 1. The summed E-state index contributed by atoms with van der Waals surface area (Å²) in [6.07, 6.45) is 19.3. The summed E-state index contributed by atoms with van der Waals surface area (Å²) in [5.74, 6) is 0. The van der Waals surface area contributed by atoms with Gasteiger partial charge in [0, 0.05) is 0 Å². The third-order valence-corrected chi connectivity index (χ3v) is 5.62. The SMILES string of the molecule is CCCCCCCCCCCCCCCC[N+](C)(CCl)CC(C)O. The number of quaternary nitrogens is 1. The van der Waals surface area contributed by atoms with Crippen LogP contribution in [0.15, 0.2) is 0 Å². The lowest BCUT2D eigenvalue weighted by molar-refractivity contribution is -0.901. The Hall–Kier alpha value is 0.210. The fourth-order valence-corrected chi connectivity index (χ4v) is 3.74. The van der Waals surface area contributed by atoms with Gasteiger partial charge in [-0.1, -0.05) is 95.6 Å². The second-order valence-corrected chi connectivity index (χ2v) is 8.33. The molecular weight excluding hydrogens is 318 g/mol. The second kappa shape index (κ2) is 16.7. The van der Waals surface area contributed by atoms with Crippen molar-refractivity contribution in [2.45, 2.75) is 110 Å². The molecule has 146 valence electrons. The first kappa shape index (κ1) is 24.2. The molecule has 2 unspecified atom stereocenters. The Kier molecular flexibility index (Phi) is 16.8. The molecule has 0 saturated carbocycles. The largest absolute Gasteiger partial charge is 0.388 e. The Labute approximate surface area is 157 Å². The van der Waals surface area contributed by atoms with Crippen molar-refractivity contribution < 1.29 is 9.59 Å². The van der Waals surface area contributed by atoms with Gasteiger partial charge in [-0.05, 0) is 19.8 Å². The first-order chi connectivity index (χ1) is 11.5. The van der Waals surface area contributed by atoms with Crippen molar-refractivity contribution in [1.82, 2.24) is 0 Å². The molecule has 0 bridgehead atoms. The normalized spacial score (nSPS) is 15.4. The molecule has 0 aromatic carbocycles. The van der Waals surface area contributed by atoms with E-state index < -0.39 is 0 Å². The molecule has 0 aliphatic heterocycles. The van der Waals surface area contributed by atoms with Crippen LogP contribution in [0.2, 0.25) is 0 Å². The van der Waals surface area contributed by atoms with Crippen LogP contribution in [0.4, 0.5) is 0 Å². The average Bonchev–Trinajstić information content (AvgIpc) is 2.54. The van der Waals surface area contributed by atoms with Crippen molar-refractivity contribution in [1.29, 1.82) is 0 Å². The number of hydrogen-bond donors (Lipinski definition) is 1. The molecule has 2 nitrogen and oxygen atoms in total. The van der Waals surface area contributed by atoms with E-state index in [0.717, 1.165) is 17.6 Å². The van der Waals surface area contributed by atoms with Crippen molar-refractivity contribution in [3.63, 3.8) is 0 Å². The van der Waals surface area contributed by atoms with Crippen LogP contribution in [0.1, 0.15) is 104 Å². The number of unbranched alkanes of at least 4 members (excludes halogenated alkanes) is 13. The third kappa shape index (κ3) is 15.7. The van der Waals surface area contributed by atoms with Crippen LogP contribution in [-0.4, -0.2) is 41.8 Å². The molecule has 3 heteroatoms. The highest BCUT2D eigenvalue weighted by atomic mass is 35.5. The second-order valence-electron chi connectivity index (χ2n) is 8.09. The van der Waals surface area contributed by atoms with E-state index in [4.69, 9.17) is 11.6 Å². The van der Waals surface area contributed by atoms with Crippen molar-refractivity contribution in [2.24, 2.45) is 0 Å². The van der Waals surface area contributed by atoms with E-state index in [9.17, 15) is 5.11 Å². The fourth-order valence-electron chi connectivity index (χ4n) is 3.53. The minimum Gasteiger partial charge on any atom is -0.388 e. The number of alkyl halides is 1. The number of aliphatic hydroxyl groups is 1. The maximum absolute atomic E-state index is 9.56. The van der Waals surface area contributed by atoms with Gasteiger partial charge in [0.05, 0.1) is 13.6 Å². The summed E-state index contributed by atoms with van der Waals surface area (Å²) < 4.78 is 0.789. The molecule has 0 heterocycles. The molecule has 0 saturated heterocycles. The minimum absolute atomic E-state index is 0.264. The Morgan fingerprint density at radius 3 is 1.46 bits per heavy atom. The van der Waals surface area contributed by atoms with Crippen molar-refractivity contribution in [2.75, 3.05) is 26.1 Å². The lowest BCUT2D eigenvalue weighted by atomic mass is 10.0. The van der Waals surface area contributed by atoms with E-state index in [1.807, 2.05) is 6.92 Å². The molecule has 0 aromatic rings. The molecule has 0 aromatic heterocycles. The van der Waals surface area contributed by atoms with Crippen LogP contribution in [0.25, 0.3) is 0 Å². The van der Waals surface area contributed by atoms with Crippen LogP contribution in [0.5, 0.6) is 0 Å². The molecular formula is C21H45ClNO+. The summed E-state index contributed by atoms with van der Waals surface area (Å²) >= 11 is 6.07. The zero-order valence-electron chi connectivity index (χ0n) is 16.9. The summed E-state index contributed by atoms with van der Waals surface area (Å²) in [6, 6.07) is 0.601. The van der Waals surface area contributed by atoms with Crippen LogP contribution in [-0.2, 0) is 0 Å². The standard InChI is InChI=1S/C21H45ClNO/c1-4-5-6-7-8-9-10-11-12-13-14-15-16-17-18-23(3,20-22)19-21(2)24/h21,24H,4-20H2,1-3H3/q+1. The predicted molar refractivity (Wildman–Crippen MR) is 109 cm³/mol. The molecule has 0 spiro atoms. The summed E-state index contributed by atoms with van der Waals surface area (Å²) in [5, 5.41) is 9.56. The van der Waals surface area contributed by atoms with Crippen molar-refractivity contribution in [3.8, 4) is 0 Å². The Balaban J connectivity index is 3.30. The molecule has 0 aliphatic rings. The van der Waals surface area contributed by atoms with Gasteiger partial charge in [0.25, 0.3) is 0 Å². The van der Waals surface area contributed by atoms with Gasteiger partial charge >= 0.3 is 0 Å². The van der Waals surface area contributed by atoms with E-state index in [1.54, 1.807) is 0 Å². The van der Waals surface area contributed by atoms with Gasteiger partial charge in [0.1, 0.15) is 12.6 Å². The Bertz CT molecular complexity index is 260. The number of aliphatic hydroxyl groups excluding tert-OH is 1. The summed E-state index contributed by atoms with van der Waals surface area (Å²) in [7, 11) is 2.15. The van der Waals surface area contributed by atoms with E-state index in [0.29, 0.717) is 6.00 Å². The van der Waals surface area contributed by atoms with Gasteiger partial charge in [-0.3, -0.25) is 0 Å². The first-order valence-corrected chi connectivity index (χ1v) is 11.1. The zero-order valence-corrected chi connectivity index (χ0v) is 17.6. The highest BCUT2D eigenvalue weighted by Crippen LogP contribution is 2.14. The van der Waals surface area contributed by atoms with Gasteiger partial charge in [0.15, 0.2) is 6.00 Å². The van der Waals surface area contributed by atoms with Crippen molar-refractivity contribution in [3.05, 3.63) is 0 Å². The highest BCUT2D eigenvalue weighted by Gasteiger charge is 2.21. The topological polar surface area (TPSA) is 20.2 Å². The van der Waals surface area contributed by atoms with Gasteiger partial charge in [-0.15, -0.1) is 0 Å². The lowest BCUT2D eigenvalue weighted by Gasteiger charge is -2.33. The molecule has 0 aliphatic carbocycles. The number of halogens is 1. The molecule has 0 fully saturated rings. The lowest BCUT2D eigenvalue weighted by Crippen LogP contribution is -2.48. The third-order valence-electron chi connectivity index (χ3n) is 5.05. The van der Waals surface area contributed by atoms with Crippen molar-refractivity contribution >= 4 is 11.6 Å². The van der Waals surface area contributed by atoms with Crippen LogP contribution < -0.4 is 0 Å². The van der Waals surface area contributed by atoms with Crippen LogP contribution >= 0.6 is 11.6 Å². The van der Waals surface area contributed by atoms with Gasteiger partial charge in [0.2, 0.25) is 0 Å². The maximum atomic E-state index is 9.56. The molecule has 0 rings (SSSR count). The highest BCUT2D eigenvalue weighted by molar-refractivity contribution is 6.16. The average molecular weight is 363 g/mol. The number of hydrogen-bond acceptors (Lipinski definition) is 1. The van der Waals surface area contributed by atoms with Gasteiger partial charge in [-0.2, -0.15) is 0 Å².